The van der Waals surface area contributed by atoms with Gasteiger partial charge < -0.3 is 5.32 Å². The summed E-state index contributed by atoms with van der Waals surface area (Å²) < 4.78 is 0. The molecule has 7 heteroatoms. The zero-order valence-corrected chi connectivity index (χ0v) is 11.6. The van der Waals surface area contributed by atoms with Crippen LogP contribution < -0.4 is 5.32 Å². The molecule has 2 aromatic heterocycles. The molecule has 1 unspecified atom stereocenters. The standard InChI is InChI=1S/C11H15N5OS/c1-5-9(18-8(4)12-5)11(17)13-6(2)10-14-7(3)15-16-10/h6H,1-4H3,(H,13,17)(H,14,15,16). The summed E-state index contributed by atoms with van der Waals surface area (Å²) in [6.07, 6.45) is 0. The number of rotatable bonds is 3. The van der Waals surface area contributed by atoms with Gasteiger partial charge in [-0.25, -0.2) is 9.97 Å². The summed E-state index contributed by atoms with van der Waals surface area (Å²) in [6, 6.07) is -0.232. The Morgan fingerprint density at radius 2 is 2.06 bits per heavy atom. The Morgan fingerprint density at radius 1 is 1.33 bits per heavy atom. The van der Waals surface area contributed by atoms with Crippen LogP contribution in [0.1, 0.15) is 45.0 Å². The number of aryl methyl sites for hydroxylation is 3. The number of carbonyl (C=O) groups is 1. The van der Waals surface area contributed by atoms with E-state index in [0.717, 1.165) is 16.5 Å². The SMILES string of the molecule is Cc1nc(C(C)NC(=O)c2sc(C)nc2C)n[nH]1. The smallest absolute Gasteiger partial charge is 0.263 e. The van der Waals surface area contributed by atoms with Gasteiger partial charge in [0.1, 0.15) is 10.7 Å². The number of carbonyl (C=O) groups excluding carboxylic acids is 1. The van der Waals surface area contributed by atoms with Crippen LogP contribution >= 0.6 is 11.3 Å². The van der Waals surface area contributed by atoms with Crippen LogP contribution in [0.3, 0.4) is 0 Å². The van der Waals surface area contributed by atoms with Gasteiger partial charge in [0.2, 0.25) is 0 Å². The minimum absolute atomic E-state index is 0.131. The van der Waals surface area contributed by atoms with Crippen LogP contribution in [0.5, 0.6) is 0 Å². The van der Waals surface area contributed by atoms with E-state index in [4.69, 9.17) is 0 Å². The third-order valence-electron chi connectivity index (χ3n) is 2.46. The van der Waals surface area contributed by atoms with Crippen molar-refractivity contribution in [2.75, 3.05) is 0 Å². The number of amides is 1. The summed E-state index contributed by atoms with van der Waals surface area (Å²) in [4.78, 5) is 21.1. The highest BCUT2D eigenvalue weighted by Crippen LogP contribution is 2.18. The third kappa shape index (κ3) is 2.56. The molecule has 1 amide bonds. The van der Waals surface area contributed by atoms with Crippen LogP contribution in [0.15, 0.2) is 0 Å². The van der Waals surface area contributed by atoms with Crippen LogP contribution in [0, 0.1) is 20.8 Å². The predicted molar refractivity (Wildman–Crippen MR) is 68.6 cm³/mol. The van der Waals surface area contributed by atoms with Crippen molar-refractivity contribution in [2.24, 2.45) is 0 Å². The predicted octanol–water partition coefficient (Wildman–Crippen LogP) is 1.68. The fraction of sp³-hybridized carbons (Fsp3) is 0.455. The van der Waals surface area contributed by atoms with Crippen LogP contribution in [-0.2, 0) is 0 Å². The van der Waals surface area contributed by atoms with Gasteiger partial charge in [0.25, 0.3) is 5.91 Å². The van der Waals surface area contributed by atoms with Gasteiger partial charge in [-0.05, 0) is 27.7 Å². The molecule has 6 nitrogen and oxygen atoms in total. The van der Waals surface area contributed by atoms with Crippen LogP contribution in [0.4, 0.5) is 0 Å². The van der Waals surface area contributed by atoms with Gasteiger partial charge in [-0.15, -0.1) is 11.3 Å². The number of aromatic amines is 1. The molecule has 0 aromatic carbocycles. The largest absolute Gasteiger partial charge is 0.341 e. The van der Waals surface area contributed by atoms with E-state index in [1.54, 1.807) is 0 Å². The summed E-state index contributed by atoms with van der Waals surface area (Å²) in [6.45, 7) is 7.39. The summed E-state index contributed by atoms with van der Waals surface area (Å²) in [5, 5.41) is 10.5. The molecule has 1 atom stereocenters. The fourth-order valence-corrected chi connectivity index (χ4v) is 2.45. The summed E-state index contributed by atoms with van der Waals surface area (Å²) in [5.41, 5.74) is 0.758. The lowest BCUT2D eigenvalue weighted by Gasteiger charge is -2.09. The van der Waals surface area contributed by atoms with Gasteiger partial charge in [-0.3, -0.25) is 9.89 Å². The van der Waals surface area contributed by atoms with E-state index < -0.39 is 0 Å². The Morgan fingerprint density at radius 3 is 2.56 bits per heavy atom. The Labute approximate surface area is 109 Å². The highest BCUT2D eigenvalue weighted by molar-refractivity contribution is 7.13. The first-order valence-corrected chi connectivity index (χ1v) is 6.43. The molecule has 0 saturated heterocycles. The molecule has 0 radical (unpaired) electrons. The van der Waals surface area contributed by atoms with Crippen molar-refractivity contribution < 1.29 is 4.79 Å². The second-order valence-corrected chi connectivity index (χ2v) is 5.32. The van der Waals surface area contributed by atoms with Crippen molar-refractivity contribution in [3.63, 3.8) is 0 Å². The van der Waals surface area contributed by atoms with Crippen molar-refractivity contribution in [1.82, 2.24) is 25.5 Å². The number of aromatic nitrogens is 4. The maximum absolute atomic E-state index is 12.1. The minimum atomic E-state index is -0.232. The average molecular weight is 265 g/mol. The monoisotopic (exact) mass is 265 g/mol. The lowest BCUT2D eigenvalue weighted by atomic mass is 10.3. The fourth-order valence-electron chi connectivity index (χ4n) is 1.62. The van der Waals surface area contributed by atoms with Gasteiger partial charge in [0, 0.05) is 0 Å². The van der Waals surface area contributed by atoms with Crippen LogP contribution in [0.2, 0.25) is 0 Å². The zero-order valence-electron chi connectivity index (χ0n) is 10.7. The van der Waals surface area contributed by atoms with E-state index in [0.29, 0.717) is 10.7 Å². The molecule has 0 fully saturated rings. The first-order valence-electron chi connectivity index (χ1n) is 5.61. The molecule has 0 saturated carbocycles. The molecule has 0 bridgehead atoms. The summed E-state index contributed by atoms with van der Waals surface area (Å²) >= 11 is 1.39. The van der Waals surface area contributed by atoms with Gasteiger partial charge in [-0.2, -0.15) is 5.10 Å². The molecule has 2 aromatic rings. The van der Waals surface area contributed by atoms with E-state index in [9.17, 15) is 4.79 Å². The molecule has 96 valence electrons. The number of thiazole rings is 1. The number of nitrogens with zero attached hydrogens (tertiary/aromatic N) is 3. The number of nitrogens with one attached hydrogen (secondary N) is 2. The van der Waals surface area contributed by atoms with E-state index >= 15 is 0 Å². The summed E-state index contributed by atoms with van der Waals surface area (Å²) in [5.74, 6) is 1.18. The first kappa shape index (κ1) is 12.7. The molecule has 18 heavy (non-hydrogen) atoms. The number of hydrogen-bond acceptors (Lipinski definition) is 5. The van der Waals surface area contributed by atoms with E-state index in [2.05, 4.69) is 25.5 Å². The van der Waals surface area contributed by atoms with Crippen LogP contribution in [0.25, 0.3) is 0 Å². The normalized spacial score (nSPS) is 12.4. The van der Waals surface area contributed by atoms with Crippen molar-refractivity contribution in [2.45, 2.75) is 33.7 Å². The molecular weight excluding hydrogens is 250 g/mol. The van der Waals surface area contributed by atoms with Gasteiger partial charge in [0.15, 0.2) is 5.82 Å². The van der Waals surface area contributed by atoms with E-state index in [1.807, 2.05) is 27.7 Å². The molecule has 2 rings (SSSR count). The maximum atomic E-state index is 12.1. The van der Waals surface area contributed by atoms with Crippen LogP contribution in [-0.4, -0.2) is 26.1 Å². The maximum Gasteiger partial charge on any atom is 0.263 e. The lowest BCUT2D eigenvalue weighted by Crippen LogP contribution is -2.27. The van der Waals surface area contributed by atoms with Gasteiger partial charge in [-0.1, -0.05) is 0 Å². The third-order valence-corrected chi connectivity index (χ3v) is 3.53. The zero-order chi connectivity index (χ0) is 13.3. The Hall–Kier alpha value is -1.76. The van der Waals surface area contributed by atoms with Gasteiger partial charge >= 0.3 is 0 Å². The molecule has 0 aliphatic heterocycles. The molecule has 2 heterocycles. The molecular formula is C11H15N5OS. The van der Waals surface area contributed by atoms with E-state index in [-0.39, 0.29) is 11.9 Å². The molecule has 0 spiro atoms. The average Bonchev–Trinajstić information content (AvgIpc) is 2.84. The topological polar surface area (TPSA) is 83.6 Å². The van der Waals surface area contributed by atoms with Crippen molar-refractivity contribution >= 4 is 17.2 Å². The second kappa shape index (κ2) is 4.85. The number of hydrogen-bond donors (Lipinski definition) is 2. The second-order valence-electron chi connectivity index (χ2n) is 4.12. The lowest BCUT2D eigenvalue weighted by molar-refractivity contribution is 0.0941. The molecule has 0 aliphatic rings. The first-order chi connectivity index (χ1) is 8.47. The highest BCUT2D eigenvalue weighted by Gasteiger charge is 2.18. The van der Waals surface area contributed by atoms with E-state index in [1.165, 1.54) is 11.3 Å². The Balaban J connectivity index is 2.10. The quantitative estimate of drug-likeness (QED) is 0.884. The van der Waals surface area contributed by atoms with Gasteiger partial charge in [0.05, 0.1) is 16.7 Å². The molecule has 2 N–H and O–H groups in total. The van der Waals surface area contributed by atoms with Crippen molar-refractivity contribution in [3.05, 3.63) is 27.2 Å². The summed E-state index contributed by atoms with van der Waals surface area (Å²) in [7, 11) is 0. The van der Waals surface area contributed by atoms with Crippen molar-refractivity contribution in [3.8, 4) is 0 Å². The minimum Gasteiger partial charge on any atom is -0.341 e. The number of H-pyrrole nitrogens is 1. The Bertz CT molecular complexity index is 574. The Kier molecular flexibility index (Phi) is 3.42. The highest BCUT2D eigenvalue weighted by atomic mass is 32.1. The van der Waals surface area contributed by atoms with Crippen molar-refractivity contribution in [1.29, 1.82) is 0 Å². The molecule has 0 aliphatic carbocycles.